The van der Waals surface area contributed by atoms with Gasteiger partial charge in [-0.2, -0.15) is 0 Å². The first kappa shape index (κ1) is 14.0. The van der Waals surface area contributed by atoms with Gasteiger partial charge in [-0.3, -0.25) is 4.79 Å². The van der Waals surface area contributed by atoms with Gasteiger partial charge in [0.15, 0.2) is 0 Å². The first-order valence-corrected chi connectivity index (χ1v) is 7.57. The Balaban J connectivity index is 2.45. The van der Waals surface area contributed by atoms with E-state index < -0.39 is 21.8 Å². The molecule has 1 saturated heterocycles. The molecule has 0 aromatic rings. The summed E-state index contributed by atoms with van der Waals surface area (Å²) in [4.78, 5) is 23.9. The van der Waals surface area contributed by atoms with Gasteiger partial charge in [0.2, 0.25) is 5.91 Å². The van der Waals surface area contributed by atoms with Gasteiger partial charge in [0.1, 0.15) is 15.9 Å². The SMILES string of the molecule is CS(=O)(=O)CCCC(=O)N1CCCC1C(=O)O. The molecule has 1 N–H and O–H groups in total. The van der Waals surface area contributed by atoms with Crippen LogP contribution in [-0.2, 0) is 19.4 Å². The molecule has 1 rings (SSSR count). The molecule has 1 heterocycles. The lowest BCUT2D eigenvalue weighted by Gasteiger charge is -2.21. The summed E-state index contributed by atoms with van der Waals surface area (Å²) in [6.45, 7) is 0.453. The zero-order valence-electron chi connectivity index (χ0n) is 9.76. The third-order valence-electron chi connectivity index (χ3n) is 2.76. The van der Waals surface area contributed by atoms with E-state index in [0.717, 1.165) is 6.26 Å². The molecule has 0 radical (unpaired) electrons. The van der Waals surface area contributed by atoms with Crippen LogP contribution < -0.4 is 0 Å². The molecule has 1 amide bonds. The molecule has 7 heteroatoms. The third kappa shape index (κ3) is 4.33. The highest BCUT2D eigenvalue weighted by atomic mass is 32.2. The molecular formula is C10H17NO5S. The molecule has 0 aromatic heterocycles. The van der Waals surface area contributed by atoms with E-state index in [4.69, 9.17) is 5.11 Å². The molecule has 1 unspecified atom stereocenters. The number of aliphatic carboxylic acids is 1. The van der Waals surface area contributed by atoms with Crippen LogP contribution in [0.25, 0.3) is 0 Å². The average Bonchev–Trinajstić information content (AvgIpc) is 2.63. The van der Waals surface area contributed by atoms with E-state index in [-0.39, 0.29) is 24.5 Å². The topological polar surface area (TPSA) is 91.8 Å². The van der Waals surface area contributed by atoms with E-state index in [1.54, 1.807) is 0 Å². The van der Waals surface area contributed by atoms with Crippen LogP contribution in [0, 0.1) is 0 Å². The summed E-state index contributed by atoms with van der Waals surface area (Å²) in [5, 5.41) is 8.90. The van der Waals surface area contributed by atoms with Crippen molar-refractivity contribution >= 4 is 21.7 Å². The van der Waals surface area contributed by atoms with Gasteiger partial charge in [-0.1, -0.05) is 0 Å². The number of carbonyl (C=O) groups is 2. The van der Waals surface area contributed by atoms with Gasteiger partial charge in [0, 0.05) is 19.2 Å². The lowest BCUT2D eigenvalue weighted by Crippen LogP contribution is -2.40. The number of sulfone groups is 1. The van der Waals surface area contributed by atoms with Gasteiger partial charge in [0.05, 0.1) is 5.75 Å². The van der Waals surface area contributed by atoms with Crippen molar-refractivity contribution in [2.45, 2.75) is 31.7 Å². The Morgan fingerprint density at radius 3 is 2.59 bits per heavy atom. The lowest BCUT2D eigenvalue weighted by molar-refractivity contribution is -0.148. The van der Waals surface area contributed by atoms with E-state index in [2.05, 4.69) is 0 Å². The molecule has 0 saturated carbocycles. The molecule has 6 nitrogen and oxygen atoms in total. The van der Waals surface area contributed by atoms with Gasteiger partial charge in [-0.25, -0.2) is 13.2 Å². The zero-order chi connectivity index (χ0) is 13.1. The normalized spacial score (nSPS) is 20.5. The summed E-state index contributed by atoms with van der Waals surface area (Å²) in [6.07, 6.45) is 2.63. The molecule has 0 aromatic carbocycles. The van der Waals surface area contributed by atoms with Crippen molar-refractivity contribution < 1.29 is 23.1 Å². The number of carbonyl (C=O) groups excluding carboxylic acids is 1. The second kappa shape index (κ2) is 5.48. The highest BCUT2D eigenvalue weighted by molar-refractivity contribution is 7.90. The highest BCUT2D eigenvalue weighted by Crippen LogP contribution is 2.18. The fraction of sp³-hybridized carbons (Fsp3) is 0.800. The van der Waals surface area contributed by atoms with Crippen molar-refractivity contribution in [3.8, 4) is 0 Å². The smallest absolute Gasteiger partial charge is 0.326 e. The Labute approximate surface area is 101 Å². The Kier molecular flexibility index (Phi) is 4.50. The van der Waals surface area contributed by atoms with Crippen molar-refractivity contribution in [1.29, 1.82) is 0 Å². The summed E-state index contributed by atoms with van der Waals surface area (Å²) in [7, 11) is -3.06. The molecule has 0 spiro atoms. The van der Waals surface area contributed by atoms with Crippen LogP contribution in [0.2, 0.25) is 0 Å². The Bertz CT molecular complexity index is 403. The van der Waals surface area contributed by atoms with E-state index in [1.807, 2.05) is 0 Å². The fourth-order valence-corrected chi connectivity index (χ4v) is 2.62. The minimum Gasteiger partial charge on any atom is -0.480 e. The molecule has 1 fully saturated rings. The number of amides is 1. The molecular weight excluding hydrogens is 246 g/mol. The number of rotatable bonds is 5. The Morgan fingerprint density at radius 2 is 2.06 bits per heavy atom. The predicted molar refractivity (Wildman–Crippen MR) is 61.3 cm³/mol. The van der Waals surface area contributed by atoms with Gasteiger partial charge < -0.3 is 10.0 Å². The van der Waals surface area contributed by atoms with Crippen molar-refractivity contribution in [1.82, 2.24) is 4.90 Å². The van der Waals surface area contributed by atoms with E-state index in [0.29, 0.717) is 19.4 Å². The van der Waals surface area contributed by atoms with E-state index in [9.17, 15) is 18.0 Å². The standard InChI is InChI=1S/C10H17NO5S/c1-17(15,16)7-3-5-9(12)11-6-2-4-8(11)10(13)14/h8H,2-7H2,1H3,(H,13,14). The second-order valence-corrected chi connectivity index (χ2v) is 6.58. The fourth-order valence-electron chi connectivity index (χ4n) is 1.95. The second-order valence-electron chi connectivity index (χ2n) is 4.32. The third-order valence-corrected chi connectivity index (χ3v) is 3.79. The summed E-state index contributed by atoms with van der Waals surface area (Å²) in [6, 6.07) is -0.735. The highest BCUT2D eigenvalue weighted by Gasteiger charge is 2.33. The van der Waals surface area contributed by atoms with Crippen LogP contribution in [0.15, 0.2) is 0 Å². The van der Waals surface area contributed by atoms with Crippen molar-refractivity contribution in [3.05, 3.63) is 0 Å². The van der Waals surface area contributed by atoms with Gasteiger partial charge in [-0.05, 0) is 19.3 Å². The lowest BCUT2D eigenvalue weighted by atomic mass is 10.2. The summed E-state index contributed by atoms with van der Waals surface area (Å²) in [5.74, 6) is -1.29. The molecule has 1 aliphatic rings. The van der Waals surface area contributed by atoms with E-state index in [1.165, 1.54) is 4.90 Å². The van der Waals surface area contributed by atoms with Crippen LogP contribution in [0.5, 0.6) is 0 Å². The first-order chi connectivity index (χ1) is 7.81. The Hall–Kier alpha value is -1.11. The largest absolute Gasteiger partial charge is 0.480 e. The quantitative estimate of drug-likeness (QED) is 0.747. The van der Waals surface area contributed by atoms with E-state index >= 15 is 0 Å². The van der Waals surface area contributed by atoms with Crippen molar-refractivity contribution in [2.75, 3.05) is 18.6 Å². The van der Waals surface area contributed by atoms with Crippen LogP contribution in [0.1, 0.15) is 25.7 Å². The molecule has 0 bridgehead atoms. The van der Waals surface area contributed by atoms with Gasteiger partial charge in [0.25, 0.3) is 0 Å². The van der Waals surface area contributed by atoms with Crippen molar-refractivity contribution in [3.63, 3.8) is 0 Å². The number of carboxylic acids is 1. The number of nitrogens with zero attached hydrogens (tertiary/aromatic N) is 1. The van der Waals surface area contributed by atoms with Crippen LogP contribution in [-0.4, -0.2) is 54.9 Å². The maximum absolute atomic E-state index is 11.7. The van der Waals surface area contributed by atoms with Crippen LogP contribution in [0.4, 0.5) is 0 Å². The van der Waals surface area contributed by atoms with Crippen molar-refractivity contribution in [2.24, 2.45) is 0 Å². The molecule has 1 atom stereocenters. The maximum atomic E-state index is 11.7. The predicted octanol–water partition coefficient (Wildman–Crippen LogP) is -0.113. The van der Waals surface area contributed by atoms with Gasteiger partial charge in [-0.15, -0.1) is 0 Å². The minimum atomic E-state index is -3.06. The summed E-state index contributed by atoms with van der Waals surface area (Å²) >= 11 is 0. The minimum absolute atomic E-state index is 0.0374. The zero-order valence-corrected chi connectivity index (χ0v) is 10.6. The van der Waals surface area contributed by atoms with Crippen LogP contribution in [0.3, 0.4) is 0 Å². The molecule has 1 aliphatic heterocycles. The molecule has 17 heavy (non-hydrogen) atoms. The van der Waals surface area contributed by atoms with Crippen LogP contribution >= 0.6 is 0 Å². The average molecular weight is 263 g/mol. The Morgan fingerprint density at radius 1 is 1.41 bits per heavy atom. The number of likely N-dealkylation sites (tertiary alicyclic amines) is 1. The summed E-state index contributed by atoms with van der Waals surface area (Å²) in [5.41, 5.74) is 0. The maximum Gasteiger partial charge on any atom is 0.326 e. The monoisotopic (exact) mass is 263 g/mol. The summed E-state index contributed by atoms with van der Waals surface area (Å²) < 4.78 is 21.8. The van der Waals surface area contributed by atoms with Gasteiger partial charge >= 0.3 is 5.97 Å². The molecule has 98 valence electrons. The number of hydrogen-bond acceptors (Lipinski definition) is 4. The number of hydrogen-bond donors (Lipinski definition) is 1. The number of carboxylic acid groups (broad SMARTS) is 1. The molecule has 0 aliphatic carbocycles. The first-order valence-electron chi connectivity index (χ1n) is 5.51.